The fourth-order valence-corrected chi connectivity index (χ4v) is 1.73. The molecular formula is C13H15FO2. The second-order valence-electron chi connectivity index (χ2n) is 3.36. The summed E-state index contributed by atoms with van der Waals surface area (Å²) in [6.07, 6.45) is -0.0979. The van der Waals surface area contributed by atoms with Crippen molar-refractivity contribution in [2.75, 3.05) is 0 Å². The molecule has 0 saturated heterocycles. The summed E-state index contributed by atoms with van der Waals surface area (Å²) in [5.74, 6) is -1.39. The molecule has 1 aliphatic carbocycles. The summed E-state index contributed by atoms with van der Waals surface area (Å²) in [5.41, 5.74) is -1.90. The van der Waals surface area contributed by atoms with Gasteiger partial charge in [0, 0.05) is 11.1 Å². The number of Topliss-reactive ketones (excluding diaryl/α,β-unsaturated/α-hetero) is 2. The van der Waals surface area contributed by atoms with Gasteiger partial charge in [-0.2, -0.15) is 0 Å². The molecule has 0 spiro atoms. The minimum Gasteiger partial charge on any atom is -0.290 e. The van der Waals surface area contributed by atoms with Gasteiger partial charge in [-0.15, -0.1) is 0 Å². The van der Waals surface area contributed by atoms with Gasteiger partial charge in [-0.25, -0.2) is 4.39 Å². The van der Waals surface area contributed by atoms with Crippen LogP contribution < -0.4 is 0 Å². The lowest BCUT2D eigenvalue weighted by atomic mass is 9.97. The quantitative estimate of drug-likeness (QED) is 0.684. The summed E-state index contributed by atoms with van der Waals surface area (Å²) in [6.45, 7) is 5.50. The Morgan fingerprint density at radius 3 is 1.75 bits per heavy atom. The first kappa shape index (κ1) is 12.6. The number of carbonyl (C=O) groups is 2. The van der Waals surface area contributed by atoms with E-state index in [1.165, 1.54) is 19.1 Å². The molecule has 0 radical (unpaired) electrons. The Morgan fingerprint density at radius 1 is 1.06 bits per heavy atom. The fraction of sp³-hybridized carbons (Fsp3) is 0.385. The second kappa shape index (κ2) is 4.56. The average Bonchev–Trinajstić information content (AvgIpc) is 2.56. The molecule has 0 fully saturated rings. The van der Waals surface area contributed by atoms with E-state index in [0.29, 0.717) is 0 Å². The van der Waals surface area contributed by atoms with Gasteiger partial charge in [-0.3, -0.25) is 9.59 Å². The van der Waals surface area contributed by atoms with Gasteiger partial charge in [0.2, 0.25) is 17.2 Å². The van der Waals surface area contributed by atoms with E-state index >= 15 is 0 Å². The predicted octanol–water partition coefficient (Wildman–Crippen LogP) is 3.21. The minimum atomic E-state index is -2.32. The van der Waals surface area contributed by atoms with Gasteiger partial charge in [-0.1, -0.05) is 45.0 Å². The Bertz CT molecular complexity index is 389. The molecule has 0 atom stereocenters. The fourth-order valence-electron chi connectivity index (χ4n) is 1.73. The van der Waals surface area contributed by atoms with Crippen LogP contribution in [0.15, 0.2) is 24.3 Å². The normalized spacial score (nSPS) is 16.5. The number of ketones is 2. The van der Waals surface area contributed by atoms with Crippen LogP contribution in [-0.4, -0.2) is 17.2 Å². The lowest BCUT2D eigenvalue weighted by Crippen LogP contribution is -2.35. The number of fused-ring (bicyclic) bond motifs is 1. The SMILES string of the molecule is CC.CCC1(F)C(=O)c2ccccc2C1=O. The molecule has 16 heavy (non-hydrogen) atoms. The third kappa shape index (κ3) is 1.56. The molecular weight excluding hydrogens is 207 g/mol. The maximum Gasteiger partial charge on any atom is 0.235 e. The molecule has 0 heterocycles. The van der Waals surface area contributed by atoms with Crippen LogP contribution in [0, 0.1) is 0 Å². The molecule has 0 amide bonds. The maximum absolute atomic E-state index is 13.9. The van der Waals surface area contributed by atoms with Crippen molar-refractivity contribution in [1.29, 1.82) is 0 Å². The topological polar surface area (TPSA) is 34.1 Å². The van der Waals surface area contributed by atoms with Crippen molar-refractivity contribution in [3.8, 4) is 0 Å². The summed E-state index contributed by atoms with van der Waals surface area (Å²) in [4.78, 5) is 23.1. The minimum absolute atomic E-state index is 0.0979. The number of benzene rings is 1. The maximum atomic E-state index is 13.9. The zero-order valence-electron chi connectivity index (χ0n) is 9.71. The molecule has 0 bridgehead atoms. The summed E-state index contributed by atoms with van der Waals surface area (Å²) >= 11 is 0. The van der Waals surface area contributed by atoms with Gasteiger partial charge in [0.1, 0.15) is 0 Å². The number of hydrogen-bond acceptors (Lipinski definition) is 2. The molecule has 2 nitrogen and oxygen atoms in total. The van der Waals surface area contributed by atoms with Crippen LogP contribution in [0.3, 0.4) is 0 Å². The number of alkyl halides is 1. The van der Waals surface area contributed by atoms with E-state index in [1.54, 1.807) is 12.1 Å². The highest BCUT2D eigenvalue weighted by Crippen LogP contribution is 2.35. The van der Waals surface area contributed by atoms with E-state index in [4.69, 9.17) is 0 Å². The van der Waals surface area contributed by atoms with Gasteiger partial charge in [-0.05, 0) is 6.42 Å². The van der Waals surface area contributed by atoms with Crippen LogP contribution in [0.25, 0.3) is 0 Å². The lowest BCUT2D eigenvalue weighted by Gasteiger charge is -2.11. The van der Waals surface area contributed by atoms with E-state index in [1.807, 2.05) is 13.8 Å². The highest BCUT2D eigenvalue weighted by Gasteiger charge is 2.52. The second-order valence-corrected chi connectivity index (χ2v) is 3.36. The van der Waals surface area contributed by atoms with Crippen LogP contribution in [0.4, 0.5) is 4.39 Å². The van der Waals surface area contributed by atoms with Crippen LogP contribution in [0.1, 0.15) is 47.9 Å². The first-order chi connectivity index (χ1) is 7.61. The highest BCUT2D eigenvalue weighted by molar-refractivity contribution is 6.31. The van der Waals surface area contributed by atoms with Crippen LogP contribution in [-0.2, 0) is 0 Å². The van der Waals surface area contributed by atoms with Crippen molar-refractivity contribution in [3.05, 3.63) is 35.4 Å². The Kier molecular flexibility index (Phi) is 3.58. The first-order valence-corrected chi connectivity index (χ1v) is 5.49. The van der Waals surface area contributed by atoms with E-state index in [0.717, 1.165) is 0 Å². The molecule has 1 aromatic rings. The lowest BCUT2D eigenvalue weighted by molar-refractivity contribution is 0.0595. The van der Waals surface area contributed by atoms with Crippen molar-refractivity contribution in [2.24, 2.45) is 0 Å². The third-order valence-corrected chi connectivity index (χ3v) is 2.62. The van der Waals surface area contributed by atoms with Crippen molar-refractivity contribution in [1.82, 2.24) is 0 Å². The summed E-state index contributed by atoms with van der Waals surface area (Å²) in [6, 6.07) is 6.25. The molecule has 3 heteroatoms. The highest BCUT2D eigenvalue weighted by atomic mass is 19.1. The first-order valence-electron chi connectivity index (χ1n) is 5.49. The average molecular weight is 222 g/mol. The Labute approximate surface area is 94.5 Å². The smallest absolute Gasteiger partial charge is 0.235 e. The third-order valence-electron chi connectivity index (χ3n) is 2.62. The summed E-state index contributed by atoms with van der Waals surface area (Å²) in [7, 11) is 0. The van der Waals surface area contributed by atoms with E-state index in [2.05, 4.69) is 0 Å². The van der Waals surface area contributed by atoms with Crippen molar-refractivity contribution >= 4 is 11.6 Å². The molecule has 2 rings (SSSR count). The molecule has 0 unspecified atom stereocenters. The monoisotopic (exact) mass is 222 g/mol. The number of hydrogen-bond donors (Lipinski definition) is 0. The molecule has 1 aliphatic rings. The molecule has 0 saturated carbocycles. The van der Waals surface area contributed by atoms with Gasteiger partial charge >= 0.3 is 0 Å². The Morgan fingerprint density at radius 2 is 1.44 bits per heavy atom. The largest absolute Gasteiger partial charge is 0.290 e. The Hall–Kier alpha value is -1.51. The van der Waals surface area contributed by atoms with Crippen LogP contribution >= 0.6 is 0 Å². The number of halogens is 1. The van der Waals surface area contributed by atoms with E-state index < -0.39 is 17.2 Å². The van der Waals surface area contributed by atoms with Gasteiger partial charge in [0.25, 0.3) is 0 Å². The van der Waals surface area contributed by atoms with Gasteiger partial charge in [0.05, 0.1) is 0 Å². The Balaban J connectivity index is 0.000000606. The van der Waals surface area contributed by atoms with Gasteiger partial charge < -0.3 is 0 Å². The zero-order valence-corrected chi connectivity index (χ0v) is 9.71. The van der Waals surface area contributed by atoms with Gasteiger partial charge in [0.15, 0.2) is 0 Å². The van der Waals surface area contributed by atoms with Crippen molar-refractivity contribution in [2.45, 2.75) is 32.9 Å². The number of rotatable bonds is 1. The van der Waals surface area contributed by atoms with Crippen LogP contribution in [0.5, 0.6) is 0 Å². The standard InChI is InChI=1S/C11H9FO2.C2H6/c1-2-11(12)9(13)7-5-3-4-6-8(7)10(11)14;1-2/h3-6H,2H2,1H3;1-2H3. The molecule has 1 aromatic carbocycles. The molecule has 0 aliphatic heterocycles. The van der Waals surface area contributed by atoms with Crippen LogP contribution in [0.2, 0.25) is 0 Å². The molecule has 0 aromatic heterocycles. The van der Waals surface area contributed by atoms with E-state index in [9.17, 15) is 14.0 Å². The summed E-state index contributed by atoms with van der Waals surface area (Å²) < 4.78 is 13.9. The zero-order chi connectivity index (χ0) is 12.3. The van der Waals surface area contributed by atoms with Crippen molar-refractivity contribution < 1.29 is 14.0 Å². The molecule has 86 valence electrons. The number of carbonyl (C=O) groups excluding carboxylic acids is 2. The van der Waals surface area contributed by atoms with Crippen molar-refractivity contribution in [3.63, 3.8) is 0 Å². The predicted molar refractivity (Wildman–Crippen MR) is 60.6 cm³/mol. The summed E-state index contributed by atoms with van der Waals surface area (Å²) in [5, 5.41) is 0. The molecule has 0 N–H and O–H groups in total. The van der Waals surface area contributed by atoms with E-state index in [-0.39, 0.29) is 17.5 Å².